The molecule has 74 valence electrons. The van der Waals surface area contributed by atoms with Gasteiger partial charge in [-0.25, -0.2) is 13.9 Å². The Kier molecular flexibility index (Phi) is 1.76. The number of hydrogen-bond donors (Lipinski definition) is 0. The van der Waals surface area contributed by atoms with Crippen LogP contribution >= 0.6 is 15.9 Å². The van der Waals surface area contributed by atoms with Gasteiger partial charge in [-0.1, -0.05) is 6.07 Å². The van der Waals surface area contributed by atoms with Crippen LogP contribution in [0, 0.1) is 5.82 Å². The molecule has 0 bridgehead atoms. The van der Waals surface area contributed by atoms with Crippen molar-refractivity contribution in [3.05, 3.63) is 40.9 Å². The van der Waals surface area contributed by atoms with E-state index in [-0.39, 0.29) is 5.82 Å². The van der Waals surface area contributed by atoms with Crippen LogP contribution in [0.5, 0.6) is 0 Å². The molecule has 0 spiro atoms. The van der Waals surface area contributed by atoms with E-state index in [1.807, 2.05) is 0 Å². The SMILES string of the molecule is Fc1cccc2nn3cc(Br)cnc3c12. The average molecular weight is 266 g/mol. The first-order chi connectivity index (χ1) is 7.25. The molecule has 3 rings (SSSR count). The van der Waals surface area contributed by atoms with E-state index in [1.54, 1.807) is 29.0 Å². The van der Waals surface area contributed by atoms with E-state index in [2.05, 4.69) is 26.0 Å². The van der Waals surface area contributed by atoms with E-state index in [0.29, 0.717) is 16.6 Å². The summed E-state index contributed by atoms with van der Waals surface area (Å²) in [7, 11) is 0. The highest BCUT2D eigenvalue weighted by Gasteiger charge is 2.09. The highest BCUT2D eigenvalue weighted by molar-refractivity contribution is 9.10. The van der Waals surface area contributed by atoms with E-state index in [0.717, 1.165) is 4.47 Å². The summed E-state index contributed by atoms with van der Waals surface area (Å²) in [6, 6.07) is 4.81. The molecule has 2 heterocycles. The monoisotopic (exact) mass is 265 g/mol. The van der Waals surface area contributed by atoms with Gasteiger partial charge in [0.1, 0.15) is 5.82 Å². The number of halogens is 2. The van der Waals surface area contributed by atoms with Crippen molar-refractivity contribution in [3.8, 4) is 0 Å². The summed E-state index contributed by atoms with van der Waals surface area (Å²) in [5, 5.41) is 4.68. The van der Waals surface area contributed by atoms with Gasteiger partial charge in [0.05, 0.1) is 15.4 Å². The first kappa shape index (κ1) is 8.79. The molecule has 0 aliphatic carbocycles. The summed E-state index contributed by atoms with van der Waals surface area (Å²) < 4.78 is 15.9. The van der Waals surface area contributed by atoms with Gasteiger partial charge in [-0.05, 0) is 28.1 Å². The zero-order valence-corrected chi connectivity index (χ0v) is 9.07. The summed E-state index contributed by atoms with van der Waals surface area (Å²) in [6.07, 6.45) is 3.38. The highest BCUT2D eigenvalue weighted by Crippen LogP contribution is 2.21. The maximum Gasteiger partial charge on any atom is 0.165 e. The molecule has 0 aliphatic heterocycles. The fraction of sp³-hybridized carbons (Fsp3) is 0. The Balaban J connectivity index is 2.59. The number of fused-ring (bicyclic) bond motifs is 3. The fourth-order valence-corrected chi connectivity index (χ4v) is 1.88. The van der Waals surface area contributed by atoms with Gasteiger partial charge in [-0.3, -0.25) is 0 Å². The van der Waals surface area contributed by atoms with Crippen molar-refractivity contribution >= 4 is 32.5 Å². The molecule has 5 heteroatoms. The van der Waals surface area contributed by atoms with Crippen molar-refractivity contribution in [2.75, 3.05) is 0 Å². The Labute approximate surface area is 92.7 Å². The number of aromatic nitrogens is 3. The van der Waals surface area contributed by atoms with Gasteiger partial charge in [-0.15, -0.1) is 0 Å². The van der Waals surface area contributed by atoms with Gasteiger partial charge in [0.15, 0.2) is 5.65 Å². The van der Waals surface area contributed by atoms with Crippen LogP contribution in [0.2, 0.25) is 0 Å². The average Bonchev–Trinajstić information content (AvgIpc) is 2.56. The van der Waals surface area contributed by atoms with Crippen LogP contribution in [0.15, 0.2) is 35.1 Å². The standard InChI is InChI=1S/C10H5BrFN3/c11-6-4-13-10-9-7(12)2-1-3-8(9)14-15(10)5-6/h1-5H. The molecule has 0 radical (unpaired) electrons. The van der Waals surface area contributed by atoms with E-state index in [4.69, 9.17) is 0 Å². The molecule has 0 saturated heterocycles. The molecule has 0 fully saturated rings. The maximum absolute atomic E-state index is 13.5. The summed E-state index contributed by atoms with van der Waals surface area (Å²) >= 11 is 3.29. The Bertz CT molecular complexity index is 662. The summed E-state index contributed by atoms with van der Waals surface area (Å²) in [6.45, 7) is 0. The quantitative estimate of drug-likeness (QED) is 0.626. The van der Waals surface area contributed by atoms with Crippen molar-refractivity contribution < 1.29 is 4.39 Å². The van der Waals surface area contributed by atoms with Crippen LogP contribution in [-0.2, 0) is 0 Å². The third-order valence-corrected chi connectivity index (χ3v) is 2.61. The highest BCUT2D eigenvalue weighted by atomic mass is 79.9. The molecule has 3 nitrogen and oxygen atoms in total. The lowest BCUT2D eigenvalue weighted by atomic mass is 10.2. The largest absolute Gasteiger partial charge is 0.235 e. The van der Waals surface area contributed by atoms with Crippen LogP contribution in [-0.4, -0.2) is 14.6 Å². The summed E-state index contributed by atoms with van der Waals surface area (Å²) in [5.74, 6) is -0.294. The van der Waals surface area contributed by atoms with Crippen molar-refractivity contribution in [2.45, 2.75) is 0 Å². The van der Waals surface area contributed by atoms with Crippen molar-refractivity contribution in [1.29, 1.82) is 0 Å². The molecule has 1 aromatic carbocycles. The molecule has 0 atom stereocenters. The molecular weight excluding hydrogens is 261 g/mol. The zero-order chi connectivity index (χ0) is 10.4. The first-order valence-electron chi connectivity index (χ1n) is 4.34. The normalized spacial score (nSPS) is 11.3. The van der Waals surface area contributed by atoms with Gasteiger partial charge in [0.2, 0.25) is 0 Å². The Morgan fingerprint density at radius 3 is 3.07 bits per heavy atom. The van der Waals surface area contributed by atoms with Gasteiger partial charge >= 0.3 is 0 Å². The minimum atomic E-state index is -0.294. The smallest absolute Gasteiger partial charge is 0.165 e. The topological polar surface area (TPSA) is 30.2 Å². The molecule has 0 aliphatic rings. The first-order valence-corrected chi connectivity index (χ1v) is 5.13. The van der Waals surface area contributed by atoms with E-state index < -0.39 is 0 Å². The Morgan fingerprint density at radius 1 is 1.33 bits per heavy atom. The van der Waals surface area contributed by atoms with Crippen molar-refractivity contribution in [1.82, 2.24) is 14.6 Å². The van der Waals surface area contributed by atoms with E-state index in [9.17, 15) is 4.39 Å². The maximum atomic E-state index is 13.5. The third kappa shape index (κ3) is 1.23. The summed E-state index contributed by atoms with van der Waals surface area (Å²) in [4.78, 5) is 4.14. The zero-order valence-electron chi connectivity index (χ0n) is 7.48. The van der Waals surface area contributed by atoms with E-state index >= 15 is 0 Å². The third-order valence-electron chi connectivity index (χ3n) is 2.20. The Morgan fingerprint density at radius 2 is 2.20 bits per heavy atom. The van der Waals surface area contributed by atoms with Crippen molar-refractivity contribution in [2.24, 2.45) is 0 Å². The van der Waals surface area contributed by atoms with Crippen LogP contribution in [0.1, 0.15) is 0 Å². The number of benzene rings is 1. The van der Waals surface area contributed by atoms with Crippen LogP contribution in [0.25, 0.3) is 16.6 Å². The predicted molar refractivity (Wildman–Crippen MR) is 58.2 cm³/mol. The molecule has 3 aromatic rings. The lowest BCUT2D eigenvalue weighted by Crippen LogP contribution is -1.88. The molecule has 0 N–H and O–H groups in total. The minimum absolute atomic E-state index is 0.294. The second-order valence-corrected chi connectivity index (χ2v) is 4.09. The minimum Gasteiger partial charge on any atom is -0.235 e. The number of nitrogens with zero attached hydrogens (tertiary/aromatic N) is 3. The molecule has 0 saturated carbocycles. The molecule has 2 aromatic heterocycles. The lowest BCUT2D eigenvalue weighted by molar-refractivity contribution is 0.640. The van der Waals surface area contributed by atoms with Gasteiger partial charge in [0, 0.05) is 12.4 Å². The van der Waals surface area contributed by atoms with Gasteiger partial charge in [0.25, 0.3) is 0 Å². The second kappa shape index (κ2) is 3.00. The fourth-order valence-electron chi connectivity index (χ4n) is 1.58. The molecule has 0 unspecified atom stereocenters. The number of rotatable bonds is 0. The lowest BCUT2D eigenvalue weighted by Gasteiger charge is -1.93. The van der Waals surface area contributed by atoms with Crippen LogP contribution in [0.4, 0.5) is 4.39 Å². The second-order valence-electron chi connectivity index (χ2n) is 3.17. The molecule has 0 amide bonds. The van der Waals surface area contributed by atoms with E-state index in [1.165, 1.54) is 6.07 Å². The van der Waals surface area contributed by atoms with Gasteiger partial charge in [-0.2, -0.15) is 5.10 Å². The van der Waals surface area contributed by atoms with Crippen LogP contribution in [0.3, 0.4) is 0 Å². The number of hydrogen-bond acceptors (Lipinski definition) is 2. The predicted octanol–water partition coefficient (Wildman–Crippen LogP) is 2.78. The molecular formula is C10H5BrFN3. The van der Waals surface area contributed by atoms with Crippen molar-refractivity contribution in [3.63, 3.8) is 0 Å². The molecule has 15 heavy (non-hydrogen) atoms. The van der Waals surface area contributed by atoms with Gasteiger partial charge < -0.3 is 0 Å². The summed E-state index contributed by atoms with van der Waals surface area (Å²) in [5.41, 5.74) is 1.15. The Hall–Kier alpha value is -1.49. The van der Waals surface area contributed by atoms with Crippen LogP contribution < -0.4 is 0 Å².